The van der Waals surface area contributed by atoms with Crippen LogP contribution in [-0.4, -0.2) is 56.3 Å². The first-order valence-corrected chi connectivity index (χ1v) is 6.63. The van der Waals surface area contributed by atoms with Crippen molar-refractivity contribution in [3.05, 3.63) is 0 Å². The topological polar surface area (TPSA) is 44.4 Å². The van der Waals surface area contributed by atoms with E-state index >= 15 is 0 Å². The van der Waals surface area contributed by atoms with Crippen LogP contribution in [0.25, 0.3) is 0 Å². The fraction of sp³-hybridized carbons (Fsp3) is 0.917. The van der Waals surface area contributed by atoms with E-state index in [2.05, 4.69) is 15.5 Å². The number of amides is 1. The van der Waals surface area contributed by atoms with Crippen LogP contribution in [0.1, 0.15) is 19.3 Å². The van der Waals surface area contributed by atoms with Gasteiger partial charge in [0.1, 0.15) is 0 Å². The van der Waals surface area contributed by atoms with Crippen molar-refractivity contribution in [3.8, 4) is 0 Å². The molecule has 1 heterocycles. The van der Waals surface area contributed by atoms with Crippen LogP contribution in [0.3, 0.4) is 0 Å². The molecule has 0 aromatic heterocycles. The average Bonchev–Trinajstić information content (AvgIpc) is 3.04. The van der Waals surface area contributed by atoms with E-state index in [0.29, 0.717) is 12.6 Å². The van der Waals surface area contributed by atoms with Crippen LogP contribution in [0.15, 0.2) is 0 Å². The molecule has 0 spiro atoms. The molecular weight excluding hydrogens is 259 g/mol. The number of halogens is 3. The van der Waals surface area contributed by atoms with E-state index in [0.717, 1.165) is 12.8 Å². The molecule has 0 bridgehead atoms. The van der Waals surface area contributed by atoms with E-state index in [9.17, 15) is 18.0 Å². The summed E-state index contributed by atoms with van der Waals surface area (Å²) in [5.74, 6) is -0.894. The number of hydrogen-bond donors (Lipinski definition) is 2. The van der Waals surface area contributed by atoms with E-state index in [1.807, 2.05) is 7.05 Å². The van der Waals surface area contributed by atoms with E-state index in [1.54, 1.807) is 0 Å². The third kappa shape index (κ3) is 3.02. The first-order valence-electron chi connectivity index (χ1n) is 6.63. The highest BCUT2D eigenvalue weighted by atomic mass is 19.4. The summed E-state index contributed by atoms with van der Waals surface area (Å²) in [6, 6.07) is 0.543. The summed E-state index contributed by atoms with van der Waals surface area (Å²) in [6.07, 6.45) is -2.40. The standard InChI is InChI=1S/C12H20F3N3O/c1-18(9-2-3-9)7-6-17-10(19)11(12(13,14)15)4-5-16-8-11/h9,16H,2-8H2,1H3,(H,17,19). The van der Waals surface area contributed by atoms with Gasteiger partial charge in [-0.05, 0) is 32.9 Å². The monoisotopic (exact) mass is 279 g/mol. The van der Waals surface area contributed by atoms with Gasteiger partial charge in [-0.3, -0.25) is 4.79 Å². The molecule has 19 heavy (non-hydrogen) atoms. The van der Waals surface area contributed by atoms with Crippen molar-refractivity contribution in [1.82, 2.24) is 15.5 Å². The lowest BCUT2D eigenvalue weighted by atomic mass is 9.85. The zero-order valence-electron chi connectivity index (χ0n) is 11.0. The Morgan fingerprint density at radius 1 is 1.47 bits per heavy atom. The molecule has 2 fully saturated rings. The fourth-order valence-corrected chi connectivity index (χ4v) is 2.47. The van der Waals surface area contributed by atoms with E-state index in [-0.39, 0.29) is 26.1 Å². The van der Waals surface area contributed by atoms with Crippen LogP contribution < -0.4 is 10.6 Å². The molecule has 0 aromatic carbocycles. The number of hydrogen-bond acceptors (Lipinski definition) is 3. The van der Waals surface area contributed by atoms with Gasteiger partial charge in [-0.2, -0.15) is 13.2 Å². The second kappa shape index (κ2) is 5.28. The molecule has 1 saturated carbocycles. The molecule has 110 valence electrons. The molecule has 1 atom stereocenters. The van der Waals surface area contributed by atoms with Crippen molar-refractivity contribution < 1.29 is 18.0 Å². The Morgan fingerprint density at radius 3 is 2.63 bits per heavy atom. The number of alkyl halides is 3. The van der Waals surface area contributed by atoms with Crippen molar-refractivity contribution >= 4 is 5.91 Å². The first-order chi connectivity index (χ1) is 8.87. The molecule has 7 heteroatoms. The number of likely N-dealkylation sites (N-methyl/N-ethyl adjacent to an activating group) is 1. The van der Waals surface area contributed by atoms with E-state index in [1.165, 1.54) is 0 Å². The highest BCUT2D eigenvalue weighted by Gasteiger charge is 2.61. The Kier molecular flexibility index (Phi) is 4.06. The zero-order valence-corrected chi connectivity index (χ0v) is 11.0. The van der Waals surface area contributed by atoms with Crippen molar-refractivity contribution in [3.63, 3.8) is 0 Å². The van der Waals surface area contributed by atoms with Gasteiger partial charge in [0.05, 0.1) is 0 Å². The zero-order chi connectivity index (χ0) is 14.1. The van der Waals surface area contributed by atoms with Crippen LogP contribution in [-0.2, 0) is 4.79 Å². The highest BCUT2D eigenvalue weighted by molar-refractivity contribution is 5.84. The number of rotatable bonds is 5. The predicted molar refractivity (Wildman–Crippen MR) is 64.6 cm³/mol. The third-order valence-corrected chi connectivity index (χ3v) is 4.05. The SMILES string of the molecule is CN(CCNC(=O)C1(C(F)(F)F)CCNC1)C1CC1. The number of nitrogens with one attached hydrogen (secondary N) is 2. The quantitative estimate of drug-likeness (QED) is 0.780. The summed E-state index contributed by atoms with van der Waals surface area (Å²) < 4.78 is 39.2. The molecule has 1 saturated heterocycles. The largest absolute Gasteiger partial charge is 0.404 e. The van der Waals surface area contributed by atoms with E-state index < -0.39 is 17.5 Å². The Morgan fingerprint density at radius 2 is 2.16 bits per heavy atom. The van der Waals surface area contributed by atoms with Gasteiger partial charge < -0.3 is 15.5 Å². The Bertz CT molecular complexity index is 336. The second-order valence-corrected chi connectivity index (χ2v) is 5.47. The molecule has 4 nitrogen and oxygen atoms in total. The minimum Gasteiger partial charge on any atom is -0.354 e. The highest BCUT2D eigenvalue weighted by Crippen LogP contribution is 2.43. The molecule has 2 rings (SSSR count). The average molecular weight is 279 g/mol. The second-order valence-electron chi connectivity index (χ2n) is 5.47. The van der Waals surface area contributed by atoms with Crippen LogP contribution in [0.5, 0.6) is 0 Å². The van der Waals surface area contributed by atoms with Crippen LogP contribution in [0, 0.1) is 5.41 Å². The van der Waals surface area contributed by atoms with Gasteiger partial charge in [0, 0.05) is 25.7 Å². The van der Waals surface area contributed by atoms with Gasteiger partial charge >= 0.3 is 6.18 Å². The van der Waals surface area contributed by atoms with E-state index in [4.69, 9.17) is 0 Å². The molecule has 1 aliphatic heterocycles. The Hall–Kier alpha value is -0.820. The van der Waals surface area contributed by atoms with Crippen molar-refractivity contribution in [2.75, 3.05) is 33.2 Å². The molecule has 2 aliphatic rings. The fourth-order valence-electron chi connectivity index (χ4n) is 2.47. The molecule has 1 aliphatic carbocycles. The number of carbonyl (C=O) groups is 1. The summed E-state index contributed by atoms with van der Waals surface area (Å²) in [6.45, 7) is 0.775. The molecule has 1 amide bonds. The normalized spacial score (nSPS) is 27.8. The molecule has 1 unspecified atom stereocenters. The number of nitrogens with zero attached hydrogens (tertiary/aromatic N) is 1. The first kappa shape index (κ1) is 14.6. The Labute approximate surface area is 110 Å². The van der Waals surface area contributed by atoms with Gasteiger partial charge in [0.2, 0.25) is 5.91 Å². The summed E-state index contributed by atoms with van der Waals surface area (Å²) in [5, 5.41) is 5.08. The van der Waals surface area contributed by atoms with Crippen molar-refractivity contribution in [1.29, 1.82) is 0 Å². The van der Waals surface area contributed by atoms with Crippen molar-refractivity contribution in [2.24, 2.45) is 5.41 Å². The minimum absolute atomic E-state index is 0.180. The predicted octanol–water partition coefficient (Wildman–Crippen LogP) is 0.739. The lowest BCUT2D eigenvalue weighted by Crippen LogP contribution is -2.53. The summed E-state index contributed by atoms with van der Waals surface area (Å²) >= 11 is 0. The minimum atomic E-state index is -4.50. The third-order valence-electron chi connectivity index (χ3n) is 4.05. The summed E-state index contributed by atoms with van der Waals surface area (Å²) in [7, 11) is 1.93. The molecular formula is C12H20F3N3O. The van der Waals surface area contributed by atoms with Gasteiger partial charge in [-0.15, -0.1) is 0 Å². The smallest absolute Gasteiger partial charge is 0.354 e. The van der Waals surface area contributed by atoms with Gasteiger partial charge in [0.25, 0.3) is 0 Å². The summed E-state index contributed by atoms with van der Waals surface area (Å²) in [5.41, 5.74) is -2.24. The van der Waals surface area contributed by atoms with Crippen LogP contribution in [0.4, 0.5) is 13.2 Å². The maximum absolute atomic E-state index is 13.1. The van der Waals surface area contributed by atoms with Gasteiger partial charge in [0.15, 0.2) is 5.41 Å². The maximum atomic E-state index is 13.1. The molecule has 2 N–H and O–H groups in total. The lowest BCUT2D eigenvalue weighted by molar-refractivity contribution is -0.216. The van der Waals surface area contributed by atoms with Crippen LogP contribution >= 0.6 is 0 Å². The van der Waals surface area contributed by atoms with Crippen LogP contribution in [0.2, 0.25) is 0 Å². The van der Waals surface area contributed by atoms with Gasteiger partial charge in [-0.1, -0.05) is 0 Å². The number of carbonyl (C=O) groups excluding carboxylic acids is 1. The Balaban J connectivity index is 1.86. The maximum Gasteiger partial charge on any atom is 0.404 e. The van der Waals surface area contributed by atoms with Gasteiger partial charge in [-0.25, -0.2) is 0 Å². The molecule has 0 aromatic rings. The van der Waals surface area contributed by atoms with Crippen molar-refractivity contribution in [2.45, 2.75) is 31.5 Å². The lowest BCUT2D eigenvalue weighted by Gasteiger charge is -2.29. The summed E-state index contributed by atoms with van der Waals surface area (Å²) in [4.78, 5) is 14.0. The molecule has 0 radical (unpaired) electrons.